The van der Waals surface area contributed by atoms with E-state index in [1.807, 2.05) is 25.2 Å². The van der Waals surface area contributed by atoms with Gasteiger partial charge in [0, 0.05) is 12.0 Å². The molecule has 1 atom stereocenters. The summed E-state index contributed by atoms with van der Waals surface area (Å²) in [4.78, 5) is 0. The van der Waals surface area contributed by atoms with Gasteiger partial charge in [-0.15, -0.1) is 0 Å². The Balaban J connectivity index is 2.39. The minimum Gasteiger partial charge on any atom is -0.497 e. The van der Waals surface area contributed by atoms with Crippen molar-refractivity contribution in [1.29, 1.82) is 0 Å². The molecule has 0 saturated carbocycles. The van der Waals surface area contributed by atoms with Gasteiger partial charge in [0.15, 0.2) is 0 Å². The first-order valence-electron chi connectivity index (χ1n) is 6.02. The van der Waals surface area contributed by atoms with Gasteiger partial charge >= 0.3 is 0 Å². The molecule has 0 saturated heterocycles. The average molecular weight is 249 g/mol. The topological polar surface area (TPSA) is 39.7 Å². The normalized spacial score (nSPS) is 15.8. The fraction of sp³-hybridized carbons (Fsp3) is 0.429. The summed E-state index contributed by atoms with van der Waals surface area (Å²) in [6.45, 7) is 0.750. The van der Waals surface area contributed by atoms with Crippen LogP contribution in [-0.2, 0) is 4.74 Å². The van der Waals surface area contributed by atoms with Gasteiger partial charge in [-0.2, -0.15) is 0 Å². The predicted octanol–water partition coefficient (Wildman–Crippen LogP) is 2.27. The number of benzene rings is 1. The quantitative estimate of drug-likeness (QED) is 0.869. The van der Waals surface area contributed by atoms with E-state index in [-0.39, 0.29) is 6.04 Å². The van der Waals surface area contributed by atoms with Gasteiger partial charge in [-0.1, -0.05) is 0 Å². The van der Waals surface area contributed by atoms with Crippen molar-refractivity contribution in [1.82, 2.24) is 5.32 Å². The zero-order chi connectivity index (χ0) is 13.0. The molecule has 0 spiro atoms. The number of hydrogen-bond donors (Lipinski definition) is 1. The molecule has 0 radical (unpaired) electrons. The standard InChI is InChI=1S/C14H19NO3/c1-15-14(13-5-4-8-18-13)11-9-10(16-2)6-7-12(11)17-3/h5-7,9,14-15H,4,8H2,1-3H3. The summed E-state index contributed by atoms with van der Waals surface area (Å²) in [5, 5.41) is 3.26. The molecular weight excluding hydrogens is 230 g/mol. The van der Waals surface area contributed by atoms with Gasteiger partial charge in [-0.05, 0) is 31.3 Å². The molecule has 1 aliphatic heterocycles. The zero-order valence-electron chi connectivity index (χ0n) is 11.0. The summed E-state index contributed by atoms with van der Waals surface area (Å²) in [5.74, 6) is 2.58. The molecule has 1 aliphatic rings. The van der Waals surface area contributed by atoms with Crippen LogP contribution in [0.5, 0.6) is 11.5 Å². The molecule has 1 N–H and O–H groups in total. The second kappa shape index (κ2) is 5.78. The maximum atomic E-state index is 5.64. The van der Waals surface area contributed by atoms with Crippen molar-refractivity contribution in [2.45, 2.75) is 12.5 Å². The Morgan fingerprint density at radius 1 is 1.28 bits per heavy atom. The molecule has 1 aromatic carbocycles. The lowest BCUT2D eigenvalue weighted by Gasteiger charge is -2.21. The number of methoxy groups -OCH3 is 2. The van der Waals surface area contributed by atoms with Gasteiger partial charge in [-0.3, -0.25) is 0 Å². The van der Waals surface area contributed by atoms with Gasteiger partial charge in [0.05, 0.1) is 26.9 Å². The highest BCUT2D eigenvalue weighted by Crippen LogP contribution is 2.34. The van der Waals surface area contributed by atoms with E-state index >= 15 is 0 Å². The number of rotatable bonds is 5. The van der Waals surface area contributed by atoms with Crippen molar-refractivity contribution >= 4 is 0 Å². The predicted molar refractivity (Wildman–Crippen MR) is 70.0 cm³/mol. The average Bonchev–Trinajstić information content (AvgIpc) is 2.93. The van der Waals surface area contributed by atoms with Gasteiger partial charge in [0.25, 0.3) is 0 Å². The van der Waals surface area contributed by atoms with Crippen LogP contribution in [0.25, 0.3) is 0 Å². The monoisotopic (exact) mass is 249 g/mol. The molecule has 1 heterocycles. The van der Waals surface area contributed by atoms with E-state index in [2.05, 4.69) is 11.4 Å². The van der Waals surface area contributed by atoms with Crippen molar-refractivity contribution < 1.29 is 14.2 Å². The Morgan fingerprint density at radius 3 is 2.67 bits per heavy atom. The van der Waals surface area contributed by atoms with E-state index < -0.39 is 0 Å². The Hall–Kier alpha value is -1.68. The second-order valence-corrected chi connectivity index (χ2v) is 4.07. The Morgan fingerprint density at radius 2 is 2.11 bits per heavy atom. The van der Waals surface area contributed by atoms with Crippen molar-refractivity contribution in [3.8, 4) is 11.5 Å². The molecule has 0 aromatic heterocycles. The second-order valence-electron chi connectivity index (χ2n) is 4.07. The first-order chi connectivity index (χ1) is 8.80. The lowest BCUT2D eigenvalue weighted by molar-refractivity contribution is 0.216. The van der Waals surface area contributed by atoms with Crippen molar-refractivity contribution in [2.24, 2.45) is 0 Å². The zero-order valence-corrected chi connectivity index (χ0v) is 11.0. The molecule has 0 fully saturated rings. The summed E-state index contributed by atoms with van der Waals surface area (Å²) in [7, 11) is 5.24. The van der Waals surface area contributed by atoms with Crippen LogP contribution in [0.2, 0.25) is 0 Å². The van der Waals surface area contributed by atoms with E-state index in [9.17, 15) is 0 Å². The number of nitrogens with one attached hydrogen (secondary N) is 1. The minimum absolute atomic E-state index is 0.00227. The Labute approximate surface area is 108 Å². The fourth-order valence-electron chi connectivity index (χ4n) is 2.15. The smallest absolute Gasteiger partial charge is 0.124 e. The van der Waals surface area contributed by atoms with E-state index in [0.717, 1.165) is 35.8 Å². The molecule has 0 amide bonds. The maximum absolute atomic E-state index is 5.64. The highest BCUT2D eigenvalue weighted by Gasteiger charge is 2.22. The first-order valence-corrected chi connectivity index (χ1v) is 6.02. The first kappa shape index (κ1) is 12.8. The number of likely N-dealkylation sites (N-methyl/N-ethyl adjacent to an activating group) is 1. The van der Waals surface area contributed by atoms with Crippen LogP contribution in [0.3, 0.4) is 0 Å². The van der Waals surface area contributed by atoms with Gasteiger partial charge in [-0.25, -0.2) is 0 Å². The summed E-state index contributed by atoms with van der Waals surface area (Å²) >= 11 is 0. The molecule has 18 heavy (non-hydrogen) atoms. The van der Waals surface area contributed by atoms with Gasteiger partial charge < -0.3 is 19.5 Å². The maximum Gasteiger partial charge on any atom is 0.124 e. The molecule has 4 nitrogen and oxygen atoms in total. The van der Waals surface area contributed by atoms with Crippen LogP contribution in [0, 0.1) is 0 Å². The van der Waals surface area contributed by atoms with Crippen molar-refractivity contribution in [3.63, 3.8) is 0 Å². The van der Waals surface area contributed by atoms with E-state index in [4.69, 9.17) is 14.2 Å². The van der Waals surface area contributed by atoms with Crippen molar-refractivity contribution in [3.05, 3.63) is 35.6 Å². The van der Waals surface area contributed by atoms with Gasteiger partial charge in [0.2, 0.25) is 0 Å². The number of ether oxygens (including phenoxy) is 3. The van der Waals surface area contributed by atoms with Gasteiger partial charge in [0.1, 0.15) is 17.3 Å². The van der Waals surface area contributed by atoms with Crippen LogP contribution >= 0.6 is 0 Å². The van der Waals surface area contributed by atoms with Crippen LogP contribution in [-0.4, -0.2) is 27.9 Å². The molecule has 1 unspecified atom stereocenters. The van der Waals surface area contributed by atoms with Crippen LogP contribution < -0.4 is 14.8 Å². The third kappa shape index (κ3) is 2.43. The minimum atomic E-state index is -0.00227. The molecule has 98 valence electrons. The fourth-order valence-corrected chi connectivity index (χ4v) is 2.15. The Kier molecular flexibility index (Phi) is 4.10. The molecule has 2 rings (SSSR count). The lowest BCUT2D eigenvalue weighted by atomic mass is 10.0. The lowest BCUT2D eigenvalue weighted by Crippen LogP contribution is -2.19. The van der Waals surface area contributed by atoms with Crippen LogP contribution in [0.15, 0.2) is 30.0 Å². The summed E-state index contributed by atoms with van der Waals surface area (Å²) in [6, 6.07) is 5.77. The van der Waals surface area contributed by atoms with Crippen molar-refractivity contribution in [2.75, 3.05) is 27.9 Å². The molecule has 4 heteroatoms. The summed E-state index contributed by atoms with van der Waals surface area (Å²) < 4.78 is 16.3. The third-order valence-corrected chi connectivity index (χ3v) is 3.05. The molecule has 0 aliphatic carbocycles. The van der Waals surface area contributed by atoms with E-state index in [1.54, 1.807) is 14.2 Å². The highest BCUT2D eigenvalue weighted by atomic mass is 16.5. The van der Waals surface area contributed by atoms with E-state index in [1.165, 1.54) is 0 Å². The third-order valence-electron chi connectivity index (χ3n) is 3.05. The molecule has 0 bridgehead atoms. The highest BCUT2D eigenvalue weighted by molar-refractivity contribution is 5.44. The summed E-state index contributed by atoms with van der Waals surface area (Å²) in [6.07, 6.45) is 3.07. The van der Waals surface area contributed by atoms with E-state index in [0.29, 0.717) is 0 Å². The summed E-state index contributed by atoms with van der Waals surface area (Å²) in [5.41, 5.74) is 1.02. The molecule has 1 aromatic rings. The Bertz CT molecular complexity index is 443. The van der Waals surface area contributed by atoms with Crippen LogP contribution in [0.4, 0.5) is 0 Å². The SMILES string of the molecule is CNC(C1=CCCO1)c1cc(OC)ccc1OC. The van der Waals surface area contributed by atoms with Crippen LogP contribution in [0.1, 0.15) is 18.0 Å². The number of hydrogen-bond acceptors (Lipinski definition) is 4. The largest absolute Gasteiger partial charge is 0.497 e. The molecular formula is C14H19NO3.